The van der Waals surface area contributed by atoms with Crippen molar-refractivity contribution >= 4 is 0 Å². The smallest absolute Gasteiger partial charge is 0.0273 e. The molecule has 1 rings (SSSR count). The maximum atomic E-state index is 2.28. The van der Waals surface area contributed by atoms with Crippen molar-refractivity contribution in [2.24, 2.45) is 0 Å². The van der Waals surface area contributed by atoms with Crippen LogP contribution >= 0.6 is 0 Å². The molecule has 0 spiro atoms. The number of benzene rings is 1. The van der Waals surface area contributed by atoms with Crippen LogP contribution in [-0.2, 0) is 19.3 Å². The second-order valence-electron chi connectivity index (χ2n) is 4.06. The number of aryl methyl sites for hydroxylation is 2. The molecule has 1 aromatic carbocycles. The molecule has 0 aliphatic heterocycles. The Labute approximate surface area is 94.7 Å². The van der Waals surface area contributed by atoms with E-state index in [0.717, 1.165) is 0 Å². The van der Waals surface area contributed by atoms with Gasteiger partial charge in [-0.15, -0.1) is 0 Å². The molecule has 0 N–H and O–H groups in total. The van der Waals surface area contributed by atoms with Gasteiger partial charge in [0.15, 0.2) is 0 Å². The molecule has 0 saturated carbocycles. The van der Waals surface area contributed by atoms with Crippen molar-refractivity contribution in [2.75, 3.05) is 0 Å². The zero-order chi connectivity index (χ0) is 11.1. The molecular weight excluding hydrogens is 180 g/mol. The normalized spacial score (nSPS) is 10.6. The molecule has 0 fully saturated rings. The highest BCUT2D eigenvalue weighted by Gasteiger charge is 2.05. The molecule has 0 unspecified atom stereocenters. The first kappa shape index (κ1) is 12.3. The third-order valence-electron chi connectivity index (χ3n) is 3.05. The van der Waals surface area contributed by atoms with Gasteiger partial charge in [0.05, 0.1) is 0 Å². The van der Waals surface area contributed by atoms with Crippen LogP contribution in [0.2, 0.25) is 0 Å². The molecule has 0 aromatic heterocycles. The molecule has 0 amide bonds. The summed E-state index contributed by atoms with van der Waals surface area (Å²) in [6.07, 6.45) is 8.37. The summed E-state index contributed by atoms with van der Waals surface area (Å²) in [5, 5.41) is 0. The maximum absolute atomic E-state index is 2.28. The van der Waals surface area contributed by atoms with Crippen molar-refractivity contribution in [3.8, 4) is 0 Å². The van der Waals surface area contributed by atoms with E-state index in [2.05, 4.69) is 45.4 Å². The van der Waals surface area contributed by atoms with E-state index in [1.807, 2.05) is 0 Å². The van der Waals surface area contributed by atoms with Gasteiger partial charge in [-0.1, -0.05) is 45.4 Å². The first-order valence-corrected chi connectivity index (χ1v) is 6.20. The second-order valence-corrected chi connectivity index (χ2v) is 4.06. The molecule has 1 aromatic rings. The van der Waals surface area contributed by atoms with Crippen LogP contribution in [0.5, 0.6) is 0 Å². The van der Waals surface area contributed by atoms with E-state index in [0.29, 0.717) is 0 Å². The second kappa shape index (κ2) is 6.66. The Balaban J connectivity index is 2.80. The highest BCUT2D eigenvalue weighted by molar-refractivity contribution is 5.35. The molecule has 0 atom stereocenters. The van der Waals surface area contributed by atoms with Gasteiger partial charge in [0.1, 0.15) is 0 Å². The maximum Gasteiger partial charge on any atom is -0.0273 e. The lowest BCUT2D eigenvalue weighted by Gasteiger charge is -2.12. The summed E-state index contributed by atoms with van der Waals surface area (Å²) in [5.41, 5.74) is 4.71. The Bertz CT molecular complexity index is 264. The summed E-state index contributed by atoms with van der Waals surface area (Å²) in [4.78, 5) is 0. The van der Waals surface area contributed by atoms with Crippen molar-refractivity contribution in [3.05, 3.63) is 41.3 Å². The average Bonchev–Trinajstić information content (AvgIpc) is 2.29. The van der Waals surface area contributed by atoms with Crippen LogP contribution in [0.1, 0.15) is 50.3 Å². The summed E-state index contributed by atoms with van der Waals surface area (Å²) in [6, 6.07) is 6.77. The minimum atomic E-state index is 1.17. The predicted octanol–water partition coefficient (Wildman–Crippen LogP) is 4.36. The average molecular weight is 203 g/mol. The first-order chi connectivity index (χ1) is 7.33. The zero-order valence-electron chi connectivity index (χ0n) is 10.3. The van der Waals surface area contributed by atoms with Gasteiger partial charge in [-0.2, -0.15) is 0 Å². The molecule has 83 valence electrons. The van der Waals surface area contributed by atoms with Crippen molar-refractivity contribution < 1.29 is 0 Å². The molecule has 0 nitrogen and oxygen atoms in total. The van der Waals surface area contributed by atoms with Crippen LogP contribution in [0.25, 0.3) is 0 Å². The number of unbranched alkanes of at least 4 members (excludes halogenated alkanes) is 2. The molecule has 0 aliphatic carbocycles. The Morgan fingerprint density at radius 2 is 1.67 bits per heavy atom. The van der Waals surface area contributed by atoms with E-state index in [1.165, 1.54) is 32.1 Å². The molecule has 0 heteroatoms. The van der Waals surface area contributed by atoms with Gasteiger partial charge in [-0.05, 0) is 48.8 Å². The van der Waals surface area contributed by atoms with Crippen LogP contribution < -0.4 is 0 Å². The topological polar surface area (TPSA) is 0 Å². The minimum absolute atomic E-state index is 1.17. The number of rotatable bonds is 6. The number of hydrogen-bond donors (Lipinski definition) is 0. The fourth-order valence-electron chi connectivity index (χ4n) is 2.15. The van der Waals surface area contributed by atoms with Gasteiger partial charge >= 0.3 is 0 Å². The third-order valence-corrected chi connectivity index (χ3v) is 3.05. The highest BCUT2D eigenvalue weighted by Crippen LogP contribution is 2.19. The van der Waals surface area contributed by atoms with Crippen LogP contribution in [0, 0.1) is 6.42 Å². The summed E-state index contributed by atoms with van der Waals surface area (Å²) >= 11 is 0. The molecule has 0 heterocycles. The summed E-state index contributed by atoms with van der Waals surface area (Å²) in [5.74, 6) is 0. The SMILES string of the molecule is C[CH]CCCc1c(CC)cccc1CC. The minimum Gasteiger partial charge on any atom is -0.0623 e. The van der Waals surface area contributed by atoms with E-state index >= 15 is 0 Å². The van der Waals surface area contributed by atoms with E-state index < -0.39 is 0 Å². The summed E-state index contributed by atoms with van der Waals surface area (Å²) in [6.45, 7) is 6.65. The highest BCUT2D eigenvalue weighted by atomic mass is 14.1. The lowest BCUT2D eigenvalue weighted by atomic mass is 9.93. The monoisotopic (exact) mass is 203 g/mol. The van der Waals surface area contributed by atoms with E-state index in [1.54, 1.807) is 16.7 Å². The van der Waals surface area contributed by atoms with Crippen LogP contribution in [0.4, 0.5) is 0 Å². The molecule has 0 aliphatic rings. The van der Waals surface area contributed by atoms with E-state index in [4.69, 9.17) is 0 Å². The Morgan fingerprint density at radius 1 is 1.07 bits per heavy atom. The van der Waals surface area contributed by atoms with Gasteiger partial charge < -0.3 is 0 Å². The van der Waals surface area contributed by atoms with Crippen LogP contribution in [0.3, 0.4) is 0 Å². The van der Waals surface area contributed by atoms with Crippen LogP contribution in [-0.4, -0.2) is 0 Å². The lowest BCUT2D eigenvalue weighted by Crippen LogP contribution is -1.99. The van der Waals surface area contributed by atoms with Gasteiger partial charge in [-0.25, -0.2) is 0 Å². The molecular formula is C15H23. The largest absolute Gasteiger partial charge is 0.0623 e. The quantitative estimate of drug-likeness (QED) is 0.603. The summed E-state index contributed by atoms with van der Waals surface area (Å²) in [7, 11) is 0. The molecule has 15 heavy (non-hydrogen) atoms. The fraction of sp³-hybridized carbons (Fsp3) is 0.533. The lowest BCUT2D eigenvalue weighted by molar-refractivity contribution is 0.789. The Morgan fingerprint density at radius 3 is 2.13 bits per heavy atom. The summed E-state index contributed by atoms with van der Waals surface area (Å²) < 4.78 is 0. The van der Waals surface area contributed by atoms with Crippen molar-refractivity contribution in [2.45, 2.75) is 52.9 Å². The predicted molar refractivity (Wildman–Crippen MR) is 68.1 cm³/mol. The Kier molecular flexibility index (Phi) is 5.45. The first-order valence-electron chi connectivity index (χ1n) is 6.20. The van der Waals surface area contributed by atoms with Crippen molar-refractivity contribution in [3.63, 3.8) is 0 Å². The van der Waals surface area contributed by atoms with Gasteiger partial charge in [0.25, 0.3) is 0 Å². The van der Waals surface area contributed by atoms with Gasteiger partial charge in [-0.3, -0.25) is 0 Å². The third kappa shape index (κ3) is 3.37. The van der Waals surface area contributed by atoms with Gasteiger partial charge in [0, 0.05) is 0 Å². The number of hydrogen-bond acceptors (Lipinski definition) is 0. The Hall–Kier alpha value is -0.780. The standard InChI is InChI=1S/C15H23/c1-4-7-8-12-15-13(5-2)10-9-11-14(15)6-3/h4,9-11H,5-8,12H2,1-3H3. The van der Waals surface area contributed by atoms with Gasteiger partial charge in [0.2, 0.25) is 0 Å². The van der Waals surface area contributed by atoms with Crippen molar-refractivity contribution in [1.29, 1.82) is 0 Å². The fourth-order valence-corrected chi connectivity index (χ4v) is 2.15. The van der Waals surface area contributed by atoms with Crippen LogP contribution in [0.15, 0.2) is 18.2 Å². The van der Waals surface area contributed by atoms with E-state index in [9.17, 15) is 0 Å². The van der Waals surface area contributed by atoms with Crippen molar-refractivity contribution in [1.82, 2.24) is 0 Å². The molecule has 0 saturated heterocycles. The molecule has 0 bridgehead atoms. The zero-order valence-corrected chi connectivity index (χ0v) is 10.3. The van der Waals surface area contributed by atoms with E-state index in [-0.39, 0.29) is 0 Å². The molecule has 1 radical (unpaired) electrons.